The number of hydrogen-bond donors (Lipinski definition) is 0. The standard InChI is InChI=1S/C20H25N3O5/c1-6-8-22-12-16(24)23(19(22)26)13-27-18(25)17-15(20(17,4)5)10-14(3)11-21-28-9-7-2/h1,7,10-11,15,17H,2,8-9,12-13H2,3-5H3/b14-10+,21-11+/t15-,17+/m1/s1. The van der Waals surface area contributed by atoms with Crippen LogP contribution in [0.4, 0.5) is 4.79 Å². The minimum Gasteiger partial charge on any atom is -0.443 e. The van der Waals surface area contributed by atoms with Crippen molar-refractivity contribution in [3.63, 3.8) is 0 Å². The lowest BCUT2D eigenvalue weighted by molar-refractivity contribution is -0.151. The van der Waals surface area contributed by atoms with Crippen molar-refractivity contribution in [1.29, 1.82) is 0 Å². The third kappa shape index (κ3) is 4.60. The van der Waals surface area contributed by atoms with Crippen LogP contribution in [0, 0.1) is 29.6 Å². The van der Waals surface area contributed by atoms with E-state index >= 15 is 0 Å². The van der Waals surface area contributed by atoms with Gasteiger partial charge >= 0.3 is 12.0 Å². The van der Waals surface area contributed by atoms with Crippen LogP contribution in [0.25, 0.3) is 0 Å². The van der Waals surface area contributed by atoms with Gasteiger partial charge in [0, 0.05) is 0 Å². The number of terminal acetylenes is 1. The molecule has 1 aliphatic carbocycles. The van der Waals surface area contributed by atoms with E-state index < -0.39 is 24.6 Å². The van der Waals surface area contributed by atoms with Gasteiger partial charge < -0.3 is 14.5 Å². The molecule has 150 valence electrons. The van der Waals surface area contributed by atoms with Gasteiger partial charge in [0.25, 0.3) is 5.91 Å². The van der Waals surface area contributed by atoms with Crippen molar-refractivity contribution < 1.29 is 24.0 Å². The number of esters is 1. The summed E-state index contributed by atoms with van der Waals surface area (Å²) in [4.78, 5) is 43.5. The van der Waals surface area contributed by atoms with Crippen LogP contribution in [0.1, 0.15) is 20.8 Å². The van der Waals surface area contributed by atoms with Gasteiger partial charge in [-0.15, -0.1) is 6.42 Å². The molecule has 0 aromatic rings. The van der Waals surface area contributed by atoms with Crippen LogP contribution < -0.4 is 0 Å². The van der Waals surface area contributed by atoms with Crippen LogP contribution >= 0.6 is 0 Å². The summed E-state index contributed by atoms with van der Waals surface area (Å²) in [6.45, 7) is 9.15. The van der Waals surface area contributed by atoms with Crippen LogP contribution in [0.15, 0.2) is 29.5 Å². The maximum absolute atomic E-state index is 12.5. The fraction of sp³-hybridized carbons (Fsp3) is 0.500. The second-order valence-corrected chi connectivity index (χ2v) is 7.31. The van der Waals surface area contributed by atoms with Crippen molar-refractivity contribution in [2.75, 3.05) is 26.4 Å². The van der Waals surface area contributed by atoms with Gasteiger partial charge in [0.05, 0.1) is 18.7 Å². The van der Waals surface area contributed by atoms with Crippen LogP contribution in [0.5, 0.6) is 0 Å². The Morgan fingerprint density at radius 2 is 2.18 bits per heavy atom. The van der Waals surface area contributed by atoms with Crippen molar-refractivity contribution in [3.8, 4) is 12.3 Å². The Balaban J connectivity index is 1.91. The van der Waals surface area contributed by atoms with E-state index in [1.165, 1.54) is 4.90 Å². The van der Waals surface area contributed by atoms with Crippen LogP contribution in [0.2, 0.25) is 0 Å². The minimum atomic E-state index is -0.547. The van der Waals surface area contributed by atoms with Gasteiger partial charge in [-0.25, -0.2) is 9.69 Å². The first-order valence-corrected chi connectivity index (χ1v) is 8.88. The molecular weight excluding hydrogens is 362 g/mol. The molecule has 1 saturated carbocycles. The van der Waals surface area contributed by atoms with Crippen molar-refractivity contribution in [2.24, 2.45) is 22.4 Å². The largest absolute Gasteiger partial charge is 0.443 e. The first-order chi connectivity index (χ1) is 13.2. The molecule has 8 heteroatoms. The molecule has 8 nitrogen and oxygen atoms in total. The molecule has 1 saturated heterocycles. The Morgan fingerprint density at radius 3 is 2.82 bits per heavy atom. The van der Waals surface area contributed by atoms with Gasteiger partial charge in [-0.05, 0) is 23.8 Å². The summed E-state index contributed by atoms with van der Waals surface area (Å²) in [5, 5.41) is 3.81. The number of ether oxygens (including phenoxy) is 1. The van der Waals surface area contributed by atoms with Crippen molar-refractivity contribution in [3.05, 3.63) is 24.3 Å². The number of carbonyl (C=O) groups excluding carboxylic acids is 3. The first kappa shape index (κ1) is 21.2. The van der Waals surface area contributed by atoms with Crippen LogP contribution in [-0.2, 0) is 19.2 Å². The Labute approximate surface area is 164 Å². The number of carbonyl (C=O) groups is 3. The van der Waals surface area contributed by atoms with Crippen molar-refractivity contribution in [2.45, 2.75) is 20.8 Å². The van der Waals surface area contributed by atoms with E-state index in [2.05, 4.69) is 17.7 Å². The third-order valence-electron chi connectivity index (χ3n) is 4.88. The molecule has 2 rings (SSSR count). The van der Waals surface area contributed by atoms with Crippen molar-refractivity contribution >= 4 is 24.1 Å². The van der Waals surface area contributed by atoms with E-state index in [4.69, 9.17) is 16.0 Å². The van der Waals surface area contributed by atoms with E-state index in [1.807, 2.05) is 26.8 Å². The zero-order valence-corrected chi connectivity index (χ0v) is 16.4. The molecule has 0 aromatic carbocycles. The Morgan fingerprint density at radius 1 is 1.46 bits per heavy atom. The quantitative estimate of drug-likeness (QED) is 0.114. The van der Waals surface area contributed by atoms with E-state index in [9.17, 15) is 14.4 Å². The Kier molecular flexibility index (Phi) is 6.62. The number of hydrogen-bond acceptors (Lipinski definition) is 6. The number of amides is 3. The number of urea groups is 1. The highest BCUT2D eigenvalue weighted by Crippen LogP contribution is 2.59. The molecule has 0 spiro atoms. The highest BCUT2D eigenvalue weighted by molar-refractivity contribution is 6.02. The molecule has 1 heterocycles. The van der Waals surface area contributed by atoms with Gasteiger partial charge in [-0.2, -0.15) is 0 Å². The van der Waals surface area contributed by atoms with Crippen LogP contribution in [-0.4, -0.2) is 60.3 Å². The number of oxime groups is 1. The molecule has 2 aliphatic rings. The fourth-order valence-electron chi connectivity index (χ4n) is 3.15. The second-order valence-electron chi connectivity index (χ2n) is 7.31. The van der Waals surface area contributed by atoms with E-state index in [-0.39, 0.29) is 30.3 Å². The molecule has 0 unspecified atom stereocenters. The van der Waals surface area contributed by atoms with Crippen molar-refractivity contribution in [1.82, 2.24) is 9.80 Å². The summed E-state index contributed by atoms with van der Waals surface area (Å²) in [7, 11) is 0. The molecule has 0 radical (unpaired) electrons. The van der Waals surface area contributed by atoms with E-state index in [1.54, 1.807) is 12.3 Å². The predicted molar refractivity (Wildman–Crippen MR) is 103 cm³/mol. The number of allylic oxidation sites excluding steroid dienone is 2. The summed E-state index contributed by atoms with van der Waals surface area (Å²) in [5.74, 6) is 1.04. The fourth-order valence-corrected chi connectivity index (χ4v) is 3.15. The average Bonchev–Trinajstić information content (AvgIpc) is 3.05. The van der Waals surface area contributed by atoms with Gasteiger partial charge in [-0.1, -0.05) is 43.7 Å². The molecule has 2 atom stereocenters. The van der Waals surface area contributed by atoms with E-state index in [0.29, 0.717) is 6.61 Å². The van der Waals surface area contributed by atoms with Gasteiger partial charge in [0.15, 0.2) is 6.73 Å². The lowest BCUT2D eigenvalue weighted by Gasteiger charge is -2.15. The normalized spacial score (nSPS) is 23.7. The van der Waals surface area contributed by atoms with Crippen LogP contribution in [0.3, 0.4) is 0 Å². The number of imide groups is 1. The Hall–Kier alpha value is -3.08. The third-order valence-corrected chi connectivity index (χ3v) is 4.88. The molecule has 0 aromatic heterocycles. The molecule has 1 aliphatic heterocycles. The summed E-state index contributed by atoms with van der Waals surface area (Å²) in [6, 6.07) is -0.547. The molecule has 28 heavy (non-hydrogen) atoms. The monoisotopic (exact) mass is 387 g/mol. The zero-order chi connectivity index (χ0) is 20.9. The number of rotatable bonds is 9. The topological polar surface area (TPSA) is 88.5 Å². The molecular formula is C20H25N3O5. The maximum atomic E-state index is 12.5. The summed E-state index contributed by atoms with van der Waals surface area (Å²) in [5.41, 5.74) is 0.565. The highest BCUT2D eigenvalue weighted by atomic mass is 16.6. The predicted octanol–water partition coefficient (Wildman–Crippen LogP) is 1.79. The van der Waals surface area contributed by atoms with Gasteiger partial charge in [0.1, 0.15) is 13.2 Å². The molecule has 0 N–H and O–H groups in total. The maximum Gasteiger partial charge on any atom is 0.330 e. The summed E-state index contributed by atoms with van der Waals surface area (Å²) >= 11 is 0. The Bertz CT molecular complexity index is 762. The highest BCUT2D eigenvalue weighted by Gasteiger charge is 2.61. The summed E-state index contributed by atoms with van der Waals surface area (Å²) < 4.78 is 5.25. The summed E-state index contributed by atoms with van der Waals surface area (Å²) in [6.07, 6.45) is 10.3. The van der Waals surface area contributed by atoms with Gasteiger partial charge in [0.2, 0.25) is 0 Å². The molecule has 2 fully saturated rings. The second kappa shape index (κ2) is 8.74. The number of nitrogens with zero attached hydrogens (tertiary/aromatic N) is 3. The molecule has 0 bridgehead atoms. The lowest BCUT2D eigenvalue weighted by atomic mass is 10.1. The first-order valence-electron chi connectivity index (χ1n) is 8.88. The molecule has 3 amide bonds. The average molecular weight is 387 g/mol. The van der Waals surface area contributed by atoms with E-state index in [0.717, 1.165) is 10.5 Å². The lowest BCUT2D eigenvalue weighted by Crippen LogP contribution is -2.36. The smallest absolute Gasteiger partial charge is 0.330 e. The SMILES string of the molecule is C#CCN1CC(=O)N(COC(=O)[C@@H]2[C@@H](/C=C(C)/C=N/OCC=C)C2(C)C)C1=O. The minimum absolute atomic E-state index is 0.0335. The van der Waals surface area contributed by atoms with Gasteiger partial charge in [-0.3, -0.25) is 9.59 Å². The zero-order valence-electron chi connectivity index (χ0n) is 16.4.